The molecule has 1 atom stereocenters. The van der Waals surface area contributed by atoms with E-state index in [0.717, 1.165) is 40.5 Å². The average Bonchev–Trinajstić information content (AvgIpc) is 3.18. The van der Waals surface area contributed by atoms with E-state index in [-0.39, 0.29) is 17.8 Å². The second kappa shape index (κ2) is 9.69. The molecule has 1 unspecified atom stereocenters. The van der Waals surface area contributed by atoms with E-state index in [9.17, 15) is 9.59 Å². The molecule has 3 N–H and O–H groups in total. The number of nitrogens with one attached hydrogen (secondary N) is 1. The van der Waals surface area contributed by atoms with E-state index in [1.165, 1.54) is 19.5 Å². The summed E-state index contributed by atoms with van der Waals surface area (Å²) in [6.07, 6.45) is 5.20. The number of hydrogen-bond acceptors (Lipinski definition) is 6. The predicted octanol–water partition coefficient (Wildman–Crippen LogP) is 2.83. The van der Waals surface area contributed by atoms with Gasteiger partial charge in [-0.25, -0.2) is 4.79 Å². The summed E-state index contributed by atoms with van der Waals surface area (Å²) in [5, 5.41) is 4.27. The first-order valence-electron chi connectivity index (χ1n) is 9.43. The molecule has 1 aliphatic rings. The number of carbonyl (C=O) groups is 2. The van der Waals surface area contributed by atoms with Crippen LogP contribution >= 0.6 is 15.9 Å². The standard InChI is InChI=1S/C20H24BrN5O3/c1-29-20(28)15-9-14-11-17(25-19(14)16(21)10-15)13-3-2-8-26(12-13)18(27)4-5-23-6-7-24-22/h6-7,9-11,13,25H,2-5,8,12,22H2,1H3/b23-6?,24-7-. The number of rotatable bonds is 6. The first-order chi connectivity index (χ1) is 14.0. The van der Waals surface area contributed by atoms with Crippen LogP contribution in [0.15, 0.2) is 32.8 Å². The van der Waals surface area contributed by atoms with Crippen LogP contribution in [0.2, 0.25) is 0 Å². The van der Waals surface area contributed by atoms with E-state index >= 15 is 0 Å². The summed E-state index contributed by atoms with van der Waals surface area (Å²) in [5.74, 6) is 4.95. The van der Waals surface area contributed by atoms with Gasteiger partial charge in [-0.05, 0) is 47.0 Å². The fourth-order valence-electron chi connectivity index (χ4n) is 3.61. The predicted molar refractivity (Wildman–Crippen MR) is 117 cm³/mol. The minimum absolute atomic E-state index is 0.0989. The van der Waals surface area contributed by atoms with Gasteiger partial charge in [-0.1, -0.05) is 0 Å². The number of H-pyrrole nitrogens is 1. The van der Waals surface area contributed by atoms with Gasteiger partial charge in [0.1, 0.15) is 0 Å². The van der Waals surface area contributed by atoms with Crippen LogP contribution in [0.5, 0.6) is 0 Å². The Hall–Kier alpha value is -2.68. The Balaban J connectivity index is 1.71. The van der Waals surface area contributed by atoms with Gasteiger partial charge in [-0.2, -0.15) is 5.10 Å². The first kappa shape index (κ1) is 21.0. The van der Waals surface area contributed by atoms with Crippen LogP contribution in [0.25, 0.3) is 10.9 Å². The number of benzene rings is 1. The molecule has 154 valence electrons. The lowest BCUT2D eigenvalue weighted by Crippen LogP contribution is -2.39. The zero-order valence-electron chi connectivity index (χ0n) is 16.2. The Labute approximate surface area is 177 Å². The van der Waals surface area contributed by atoms with Crippen LogP contribution in [-0.4, -0.2) is 60.9 Å². The van der Waals surface area contributed by atoms with E-state index in [4.69, 9.17) is 10.6 Å². The van der Waals surface area contributed by atoms with Gasteiger partial charge in [-0.15, -0.1) is 0 Å². The van der Waals surface area contributed by atoms with Crippen LogP contribution in [-0.2, 0) is 9.53 Å². The van der Waals surface area contributed by atoms with Crippen LogP contribution in [0, 0.1) is 0 Å². The van der Waals surface area contributed by atoms with Gasteiger partial charge in [0.2, 0.25) is 5.91 Å². The molecule has 9 heteroatoms. The highest BCUT2D eigenvalue weighted by Gasteiger charge is 2.26. The number of carbonyl (C=O) groups excluding carboxylic acids is 2. The molecule has 1 saturated heterocycles. The van der Waals surface area contributed by atoms with Gasteiger partial charge in [0.05, 0.1) is 24.4 Å². The number of likely N-dealkylation sites (tertiary alicyclic amines) is 1. The summed E-state index contributed by atoms with van der Waals surface area (Å²) < 4.78 is 5.63. The molecule has 0 bridgehead atoms. The molecular formula is C20H24BrN5O3. The van der Waals surface area contributed by atoms with Crippen molar-refractivity contribution in [2.45, 2.75) is 25.2 Å². The monoisotopic (exact) mass is 461 g/mol. The fraction of sp³-hybridized carbons (Fsp3) is 0.400. The van der Waals surface area contributed by atoms with Crippen molar-refractivity contribution in [3.05, 3.63) is 33.9 Å². The summed E-state index contributed by atoms with van der Waals surface area (Å²) in [6.45, 7) is 1.85. The second-order valence-corrected chi connectivity index (χ2v) is 7.78. The van der Waals surface area contributed by atoms with E-state index in [2.05, 4.69) is 37.1 Å². The number of hydrogen-bond donors (Lipinski definition) is 2. The quantitative estimate of drug-likeness (QED) is 0.298. The summed E-state index contributed by atoms with van der Waals surface area (Å²) in [6, 6.07) is 5.63. The number of nitrogens with zero attached hydrogens (tertiary/aromatic N) is 3. The average molecular weight is 462 g/mol. The summed E-state index contributed by atoms with van der Waals surface area (Å²) in [7, 11) is 1.37. The number of aromatic amines is 1. The maximum Gasteiger partial charge on any atom is 0.337 e. The number of aromatic nitrogens is 1. The number of ether oxygens (including phenoxy) is 1. The van der Waals surface area contributed by atoms with E-state index in [1.54, 1.807) is 6.07 Å². The minimum atomic E-state index is -0.370. The Kier molecular flexibility index (Phi) is 7.03. The third-order valence-corrected chi connectivity index (χ3v) is 5.67. The normalized spacial score (nSPS) is 17.4. The molecule has 2 aromatic rings. The largest absolute Gasteiger partial charge is 0.465 e. The van der Waals surface area contributed by atoms with E-state index in [1.807, 2.05) is 11.0 Å². The SMILES string of the molecule is COC(=O)c1cc(Br)c2[nH]c(C3CCCN(C(=O)CCN=C/C=N\N)C3)cc2c1. The maximum absolute atomic E-state index is 12.5. The van der Waals surface area contributed by atoms with Gasteiger partial charge < -0.3 is 20.5 Å². The number of aliphatic imine (C=N–C) groups is 1. The van der Waals surface area contributed by atoms with Crippen molar-refractivity contribution < 1.29 is 14.3 Å². The zero-order chi connectivity index (χ0) is 20.8. The Morgan fingerprint density at radius 3 is 2.97 bits per heavy atom. The van der Waals surface area contributed by atoms with Crippen molar-refractivity contribution in [3.63, 3.8) is 0 Å². The Morgan fingerprint density at radius 2 is 2.21 bits per heavy atom. The lowest BCUT2D eigenvalue weighted by atomic mass is 9.94. The molecular weight excluding hydrogens is 438 g/mol. The number of esters is 1. The number of amides is 1. The molecule has 29 heavy (non-hydrogen) atoms. The molecule has 1 fully saturated rings. The number of fused-ring (bicyclic) bond motifs is 1. The van der Waals surface area contributed by atoms with Crippen LogP contribution in [0.4, 0.5) is 0 Å². The number of nitrogens with two attached hydrogens (primary N) is 1. The lowest BCUT2D eigenvalue weighted by molar-refractivity contribution is -0.132. The minimum Gasteiger partial charge on any atom is -0.465 e. The summed E-state index contributed by atoms with van der Waals surface area (Å²) in [4.78, 5) is 33.8. The van der Waals surface area contributed by atoms with Gasteiger partial charge in [-0.3, -0.25) is 9.79 Å². The number of halogens is 1. The molecule has 3 rings (SSSR count). The van der Waals surface area contributed by atoms with Crippen LogP contribution < -0.4 is 5.84 Å². The topological polar surface area (TPSA) is 113 Å². The molecule has 0 saturated carbocycles. The van der Waals surface area contributed by atoms with Gasteiger partial charge >= 0.3 is 5.97 Å². The third-order valence-electron chi connectivity index (χ3n) is 5.05. The molecule has 0 spiro atoms. The molecule has 1 aliphatic heterocycles. The summed E-state index contributed by atoms with van der Waals surface area (Å²) >= 11 is 3.53. The van der Waals surface area contributed by atoms with Gasteiger partial charge in [0.15, 0.2) is 0 Å². The molecule has 1 amide bonds. The molecule has 0 aliphatic carbocycles. The molecule has 1 aromatic carbocycles. The van der Waals surface area contributed by atoms with Crippen LogP contribution in [0.1, 0.15) is 41.2 Å². The molecule has 0 radical (unpaired) electrons. The Morgan fingerprint density at radius 1 is 1.38 bits per heavy atom. The van der Waals surface area contributed by atoms with Crippen molar-refractivity contribution in [1.29, 1.82) is 0 Å². The number of methoxy groups -OCH3 is 1. The fourth-order valence-corrected chi connectivity index (χ4v) is 4.19. The van der Waals surface area contributed by atoms with Crippen molar-refractivity contribution in [3.8, 4) is 0 Å². The summed E-state index contributed by atoms with van der Waals surface area (Å²) in [5.41, 5.74) is 2.50. The highest BCUT2D eigenvalue weighted by Crippen LogP contribution is 2.32. The third kappa shape index (κ3) is 5.03. The van der Waals surface area contributed by atoms with Gasteiger partial charge in [0.25, 0.3) is 0 Å². The Bertz CT molecular complexity index is 953. The zero-order valence-corrected chi connectivity index (χ0v) is 17.8. The van der Waals surface area contributed by atoms with Crippen molar-refractivity contribution in [2.24, 2.45) is 15.9 Å². The highest BCUT2D eigenvalue weighted by atomic mass is 79.9. The maximum atomic E-state index is 12.5. The van der Waals surface area contributed by atoms with Crippen LogP contribution in [0.3, 0.4) is 0 Å². The number of piperidine rings is 1. The number of hydrazone groups is 1. The molecule has 2 heterocycles. The first-order valence-corrected chi connectivity index (χ1v) is 10.2. The van der Waals surface area contributed by atoms with E-state index < -0.39 is 0 Å². The van der Waals surface area contributed by atoms with Crippen molar-refractivity contribution in [1.82, 2.24) is 9.88 Å². The smallest absolute Gasteiger partial charge is 0.337 e. The van der Waals surface area contributed by atoms with E-state index in [0.29, 0.717) is 25.1 Å². The van der Waals surface area contributed by atoms with Gasteiger partial charge in [0, 0.05) is 53.7 Å². The van der Waals surface area contributed by atoms with Crippen molar-refractivity contribution >= 4 is 51.1 Å². The lowest BCUT2D eigenvalue weighted by Gasteiger charge is -2.32. The van der Waals surface area contributed by atoms with Crippen molar-refractivity contribution in [2.75, 3.05) is 26.7 Å². The second-order valence-electron chi connectivity index (χ2n) is 6.92. The molecule has 1 aromatic heterocycles. The highest BCUT2D eigenvalue weighted by molar-refractivity contribution is 9.10. The molecule has 8 nitrogen and oxygen atoms in total.